The number of rotatable bonds is 8. The molecule has 1 aromatic heterocycles. The zero-order chi connectivity index (χ0) is 21.7. The third-order valence-electron chi connectivity index (χ3n) is 5.53. The van der Waals surface area contributed by atoms with Gasteiger partial charge >= 0.3 is 0 Å². The summed E-state index contributed by atoms with van der Waals surface area (Å²) in [5.74, 6) is 0.471. The maximum absolute atomic E-state index is 13.1. The molecule has 1 atom stereocenters. The first-order chi connectivity index (χ1) is 14.3. The van der Waals surface area contributed by atoms with Crippen molar-refractivity contribution in [2.24, 2.45) is 11.3 Å². The average Bonchev–Trinajstić information content (AvgIpc) is 3.25. The molecule has 3 aromatic rings. The van der Waals surface area contributed by atoms with E-state index in [0.29, 0.717) is 11.0 Å². The minimum absolute atomic E-state index is 0.0459. The van der Waals surface area contributed by atoms with Gasteiger partial charge in [-0.25, -0.2) is 0 Å². The van der Waals surface area contributed by atoms with Crippen LogP contribution in [-0.4, -0.2) is 21.2 Å². The Hall–Kier alpha value is -2.57. The van der Waals surface area contributed by atoms with Crippen molar-refractivity contribution >= 4 is 22.4 Å². The van der Waals surface area contributed by atoms with Gasteiger partial charge in [-0.3, -0.25) is 4.79 Å². The molecule has 2 aromatic carbocycles. The molecule has 0 radical (unpaired) electrons. The van der Waals surface area contributed by atoms with Crippen molar-refractivity contribution in [2.75, 3.05) is 5.32 Å². The smallest absolute Gasteiger partial charge is 0.232 e. The number of aliphatic hydroxyl groups is 1. The summed E-state index contributed by atoms with van der Waals surface area (Å²) in [7, 11) is 0. The number of anilines is 1. The second-order valence-electron chi connectivity index (χ2n) is 8.58. The standard InChI is InChI=1S/C24H29N3O2S/c1-16(2)13-21(24(3,4)22(29)26-23-27-25-15-30-23)20-11-9-19(10-12-20)18-7-5-17(14-28)6-8-18/h5-12,15-16,21,28H,13-14H2,1-4H3,(H,26,27,29). The zero-order valence-electron chi connectivity index (χ0n) is 17.9. The van der Waals surface area contributed by atoms with Crippen molar-refractivity contribution in [1.82, 2.24) is 10.2 Å². The van der Waals surface area contributed by atoms with Crippen LogP contribution in [0, 0.1) is 11.3 Å². The quantitative estimate of drug-likeness (QED) is 0.502. The van der Waals surface area contributed by atoms with E-state index in [2.05, 4.69) is 53.6 Å². The Morgan fingerprint density at radius 1 is 1.07 bits per heavy atom. The van der Waals surface area contributed by atoms with Gasteiger partial charge in [-0.05, 0) is 40.5 Å². The van der Waals surface area contributed by atoms with Crippen molar-refractivity contribution in [2.45, 2.75) is 46.6 Å². The minimum Gasteiger partial charge on any atom is -0.392 e. The van der Waals surface area contributed by atoms with E-state index in [0.717, 1.165) is 28.7 Å². The van der Waals surface area contributed by atoms with Crippen molar-refractivity contribution in [3.05, 3.63) is 65.2 Å². The lowest BCUT2D eigenvalue weighted by atomic mass is 9.70. The van der Waals surface area contributed by atoms with E-state index in [-0.39, 0.29) is 18.4 Å². The van der Waals surface area contributed by atoms with E-state index in [4.69, 9.17) is 0 Å². The third kappa shape index (κ3) is 5.12. The van der Waals surface area contributed by atoms with Crippen LogP contribution in [0.2, 0.25) is 0 Å². The Bertz CT molecular complexity index is 949. The summed E-state index contributed by atoms with van der Waals surface area (Å²) < 4.78 is 0. The molecule has 0 spiro atoms. The van der Waals surface area contributed by atoms with Crippen molar-refractivity contribution in [3.8, 4) is 11.1 Å². The van der Waals surface area contributed by atoms with E-state index in [9.17, 15) is 9.90 Å². The monoisotopic (exact) mass is 423 g/mol. The Labute approximate surface area is 182 Å². The summed E-state index contributed by atoms with van der Waals surface area (Å²) >= 11 is 1.32. The summed E-state index contributed by atoms with van der Waals surface area (Å²) in [4.78, 5) is 13.1. The van der Waals surface area contributed by atoms with Crippen LogP contribution >= 0.6 is 11.3 Å². The predicted octanol–water partition coefficient (Wildman–Crippen LogP) is 5.49. The highest BCUT2D eigenvalue weighted by Gasteiger charge is 2.38. The second-order valence-corrected chi connectivity index (χ2v) is 9.41. The van der Waals surface area contributed by atoms with Gasteiger partial charge in [0.2, 0.25) is 11.0 Å². The lowest BCUT2D eigenvalue weighted by molar-refractivity contribution is -0.125. The summed E-state index contributed by atoms with van der Waals surface area (Å²) in [6.45, 7) is 8.41. The molecule has 1 heterocycles. The number of hydrogen-bond acceptors (Lipinski definition) is 5. The van der Waals surface area contributed by atoms with Crippen LogP contribution in [0.3, 0.4) is 0 Å². The number of aliphatic hydroxyl groups excluding tert-OH is 1. The van der Waals surface area contributed by atoms with Crippen LogP contribution in [0.5, 0.6) is 0 Å². The number of hydrogen-bond donors (Lipinski definition) is 2. The third-order valence-corrected chi connectivity index (χ3v) is 6.13. The summed E-state index contributed by atoms with van der Waals surface area (Å²) in [6, 6.07) is 16.4. The fraction of sp³-hybridized carbons (Fsp3) is 0.375. The fourth-order valence-electron chi connectivity index (χ4n) is 3.67. The molecule has 6 heteroatoms. The van der Waals surface area contributed by atoms with Gasteiger partial charge in [0.25, 0.3) is 0 Å². The Morgan fingerprint density at radius 2 is 1.67 bits per heavy atom. The van der Waals surface area contributed by atoms with E-state index in [1.54, 1.807) is 5.51 Å². The lowest BCUT2D eigenvalue weighted by Gasteiger charge is -2.34. The first-order valence-electron chi connectivity index (χ1n) is 10.2. The SMILES string of the molecule is CC(C)CC(c1ccc(-c2ccc(CO)cc2)cc1)C(C)(C)C(=O)Nc1nncs1. The number of amides is 1. The van der Waals surface area contributed by atoms with Gasteiger partial charge in [0.05, 0.1) is 12.0 Å². The topological polar surface area (TPSA) is 75.1 Å². The lowest BCUT2D eigenvalue weighted by Crippen LogP contribution is -2.37. The highest BCUT2D eigenvalue weighted by molar-refractivity contribution is 7.13. The van der Waals surface area contributed by atoms with Gasteiger partial charge < -0.3 is 10.4 Å². The molecule has 3 rings (SSSR count). The minimum atomic E-state index is -0.611. The molecule has 0 aliphatic rings. The normalized spacial score (nSPS) is 12.7. The number of nitrogens with one attached hydrogen (secondary N) is 1. The Balaban J connectivity index is 1.86. The first-order valence-corrected chi connectivity index (χ1v) is 11.1. The summed E-state index contributed by atoms with van der Waals surface area (Å²) in [5, 5.41) is 20.4. The highest BCUT2D eigenvalue weighted by Crippen LogP contribution is 2.41. The molecule has 1 unspecified atom stereocenters. The molecule has 2 N–H and O–H groups in total. The van der Waals surface area contributed by atoms with Crippen LogP contribution in [0.1, 0.15) is 51.2 Å². The molecule has 0 aliphatic carbocycles. The molecule has 30 heavy (non-hydrogen) atoms. The molecule has 0 bridgehead atoms. The van der Waals surface area contributed by atoms with E-state index in [1.165, 1.54) is 11.3 Å². The number of carbonyl (C=O) groups is 1. The number of benzene rings is 2. The molecular formula is C24H29N3O2S. The molecule has 0 aliphatic heterocycles. The molecule has 5 nitrogen and oxygen atoms in total. The highest BCUT2D eigenvalue weighted by atomic mass is 32.1. The van der Waals surface area contributed by atoms with E-state index in [1.807, 2.05) is 38.1 Å². The van der Waals surface area contributed by atoms with Crippen molar-refractivity contribution < 1.29 is 9.90 Å². The largest absolute Gasteiger partial charge is 0.392 e. The maximum atomic E-state index is 13.1. The molecule has 0 fully saturated rings. The van der Waals surface area contributed by atoms with Crippen LogP contribution in [-0.2, 0) is 11.4 Å². The molecule has 0 saturated heterocycles. The number of nitrogens with zero attached hydrogens (tertiary/aromatic N) is 2. The van der Waals surface area contributed by atoms with E-state index >= 15 is 0 Å². The Morgan fingerprint density at radius 3 is 2.17 bits per heavy atom. The number of aromatic nitrogens is 2. The molecular weight excluding hydrogens is 394 g/mol. The van der Waals surface area contributed by atoms with Crippen molar-refractivity contribution in [1.29, 1.82) is 0 Å². The van der Waals surface area contributed by atoms with Gasteiger partial charge in [0.1, 0.15) is 5.51 Å². The maximum Gasteiger partial charge on any atom is 0.232 e. The van der Waals surface area contributed by atoms with E-state index < -0.39 is 5.41 Å². The van der Waals surface area contributed by atoms with Gasteiger partial charge in [-0.15, -0.1) is 10.2 Å². The van der Waals surface area contributed by atoms with Crippen LogP contribution < -0.4 is 5.32 Å². The van der Waals surface area contributed by atoms with Crippen LogP contribution in [0.25, 0.3) is 11.1 Å². The van der Waals surface area contributed by atoms with Crippen molar-refractivity contribution in [3.63, 3.8) is 0 Å². The van der Waals surface area contributed by atoms with Gasteiger partial charge in [0.15, 0.2) is 0 Å². The van der Waals surface area contributed by atoms with Gasteiger partial charge in [0, 0.05) is 0 Å². The first kappa shape index (κ1) is 22.1. The fourth-order valence-corrected chi connectivity index (χ4v) is 4.11. The molecule has 0 saturated carbocycles. The molecule has 158 valence electrons. The van der Waals surface area contributed by atoms with Gasteiger partial charge in [-0.1, -0.05) is 87.6 Å². The Kier molecular flexibility index (Phi) is 7.00. The summed E-state index contributed by atoms with van der Waals surface area (Å²) in [6.07, 6.45) is 0.904. The summed E-state index contributed by atoms with van der Waals surface area (Å²) in [5.41, 5.74) is 5.27. The molecule has 1 amide bonds. The van der Waals surface area contributed by atoms with Gasteiger partial charge in [-0.2, -0.15) is 0 Å². The van der Waals surface area contributed by atoms with Crippen LogP contribution in [0.4, 0.5) is 5.13 Å². The second kappa shape index (κ2) is 9.49. The average molecular weight is 424 g/mol. The van der Waals surface area contributed by atoms with Crippen LogP contribution in [0.15, 0.2) is 54.0 Å². The zero-order valence-corrected chi connectivity index (χ0v) is 18.7. The number of carbonyl (C=O) groups excluding carboxylic acids is 1. The predicted molar refractivity (Wildman–Crippen MR) is 122 cm³/mol.